The molecule has 7 nitrogen and oxygen atoms in total. The van der Waals surface area contributed by atoms with Crippen LogP contribution in [0.5, 0.6) is 5.75 Å². The Morgan fingerprint density at radius 2 is 2.11 bits per heavy atom. The molecule has 0 spiro atoms. The number of amides is 1. The Hall–Kier alpha value is -2.51. The van der Waals surface area contributed by atoms with Crippen LogP contribution in [0.3, 0.4) is 0 Å². The molecule has 2 aromatic heterocycles. The Labute approximate surface area is 167 Å². The van der Waals surface area contributed by atoms with Crippen LogP contribution in [-0.2, 0) is 19.8 Å². The Bertz CT molecular complexity index is 937. The first-order valence-corrected chi connectivity index (χ1v) is 9.11. The van der Waals surface area contributed by atoms with Crippen LogP contribution >= 0.6 is 23.2 Å². The van der Waals surface area contributed by atoms with Crippen LogP contribution in [0, 0.1) is 0 Å². The lowest BCUT2D eigenvalue weighted by Gasteiger charge is -2.17. The highest BCUT2D eigenvalue weighted by Gasteiger charge is 2.18. The molecule has 2 heterocycles. The molecule has 0 bridgehead atoms. The number of aryl methyl sites for hydroxylation is 1. The van der Waals surface area contributed by atoms with Crippen LogP contribution in [0.2, 0.25) is 10.0 Å². The molecule has 0 fully saturated rings. The van der Waals surface area contributed by atoms with E-state index in [2.05, 4.69) is 10.2 Å². The number of carbonyl (C=O) groups is 1. The normalized spacial score (nSPS) is 10.8. The molecule has 0 radical (unpaired) electrons. The number of benzene rings is 1. The summed E-state index contributed by atoms with van der Waals surface area (Å²) in [6.07, 6.45) is 3.27. The maximum absolute atomic E-state index is 12.6. The molecule has 0 aliphatic heterocycles. The number of hydrogen-bond donors (Lipinski definition) is 0. The Morgan fingerprint density at radius 1 is 1.30 bits per heavy atom. The molecule has 0 saturated carbocycles. The van der Waals surface area contributed by atoms with Crippen LogP contribution in [0.1, 0.15) is 23.1 Å². The average molecular weight is 408 g/mol. The van der Waals surface area contributed by atoms with E-state index in [0.29, 0.717) is 34.6 Å². The van der Waals surface area contributed by atoms with Crippen molar-refractivity contribution in [3.63, 3.8) is 0 Å². The van der Waals surface area contributed by atoms with Crippen molar-refractivity contribution in [2.24, 2.45) is 0 Å². The van der Waals surface area contributed by atoms with E-state index in [9.17, 15) is 4.79 Å². The lowest BCUT2D eigenvalue weighted by molar-refractivity contribution is 0.0773. The van der Waals surface area contributed by atoms with Crippen LogP contribution in [0.4, 0.5) is 0 Å². The van der Waals surface area contributed by atoms with Gasteiger partial charge in [-0.15, -0.1) is 0 Å². The minimum absolute atomic E-state index is 0.172. The van der Waals surface area contributed by atoms with Gasteiger partial charge in [0.1, 0.15) is 5.75 Å². The summed E-state index contributed by atoms with van der Waals surface area (Å²) in [6.45, 7) is 3.17. The summed E-state index contributed by atoms with van der Waals surface area (Å²) in [5.41, 5.74) is 1.12. The molecule has 0 aliphatic rings. The van der Waals surface area contributed by atoms with E-state index >= 15 is 0 Å². The molecular weight excluding hydrogens is 389 g/mol. The van der Waals surface area contributed by atoms with Crippen molar-refractivity contribution in [3.8, 4) is 5.75 Å². The second-order valence-corrected chi connectivity index (χ2v) is 6.73. The van der Waals surface area contributed by atoms with Crippen LogP contribution < -0.4 is 4.74 Å². The highest BCUT2D eigenvalue weighted by molar-refractivity contribution is 6.31. The SMILES string of the molecule is CCn1ncc(Cl)c1CN(C)C(=O)c1ccn(COc2cccc(Cl)c2)n1. The van der Waals surface area contributed by atoms with Crippen molar-refractivity contribution in [2.75, 3.05) is 7.05 Å². The molecule has 0 N–H and O–H groups in total. The molecular formula is C18H19Cl2N5O2. The van der Waals surface area contributed by atoms with Gasteiger partial charge in [0.05, 0.1) is 23.5 Å². The largest absolute Gasteiger partial charge is 0.471 e. The van der Waals surface area contributed by atoms with Crippen molar-refractivity contribution in [1.29, 1.82) is 0 Å². The molecule has 1 aromatic carbocycles. The van der Waals surface area contributed by atoms with Crippen LogP contribution in [0.25, 0.3) is 0 Å². The number of rotatable bonds is 7. The number of halogens is 2. The van der Waals surface area contributed by atoms with Gasteiger partial charge in [-0.25, -0.2) is 4.68 Å². The van der Waals surface area contributed by atoms with Gasteiger partial charge >= 0.3 is 0 Å². The van der Waals surface area contributed by atoms with Gasteiger partial charge in [-0.05, 0) is 31.2 Å². The summed E-state index contributed by atoms with van der Waals surface area (Å²) in [6, 6.07) is 8.74. The summed E-state index contributed by atoms with van der Waals surface area (Å²) in [7, 11) is 1.70. The number of hydrogen-bond acceptors (Lipinski definition) is 4. The molecule has 142 valence electrons. The maximum Gasteiger partial charge on any atom is 0.274 e. The van der Waals surface area contributed by atoms with Gasteiger partial charge in [0, 0.05) is 24.8 Å². The quantitative estimate of drug-likeness (QED) is 0.598. The second kappa shape index (κ2) is 8.45. The summed E-state index contributed by atoms with van der Waals surface area (Å²) in [5.74, 6) is 0.418. The first-order chi connectivity index (χ1) is 13.0. The van der Waals surface area contributed by atoms with E-state index in [0.717, 1.165) is 5.69 Å². The van der Waals surface area contributed by atoms with E-state index in [1.54, 1.807) is 64.0 Å². The lowest BCUT2D eigenvalue weighted by Crippen LogP contribution is -2.28. The molecule has 27 heavy (non-hydrogen) atoms. The number of carbonyl (C=O) groups excluding carboxylic acids is 1. The van der Waals surface area contributed by atoms with Gasteiger partial charge in [-0.2, -0.15) is 10.2 Å². The summed E-state index contributed by atoms with van der Waals surface area (Å²) in [4.78, 5) is 14.2. The smallest absolute Gasteiger partial charge is 0.274 e. The third-order valence-electron chi connectivity index (χ3n) is 3.95. The fourth-order valence-corrected chi connectivity index (χ4v) is 2.94. The van der Waals surface area contributed by atoms with Crippen LogP contribution in [0.15, 0.2) is 42.7 Å². The second-order valence-electron chi connectivity index (χ2n) is 5.89. The Kier molecular flexibility index (Phi) is 6.03. The molecule has 0 atom stereocenters. The summed E-state index contributed by atoms with van der Waals surface area (Å²) >= 11 is 12.1. The highest BCUT2D eigenvalue weighted by Crippen LogP contribution is 2.19. The highest BCUT2D eigenvalue weighted by atomic mass is 35.5. The van der Waals surface area contributed by atoms with Crippen molar-refractivity contribution in [3.05, 3.63) is 64.2 Å². The molecule has 9 heteroatoms. The van der Waals surface area contributed by atoms with Crippen molar-refractivity contribution >= 4 is 29.1 Å². The first-order valence-electron chi connectivity index (χ1n) is 8.35. The lowest BCUT2D eigenvalue weighted by atomic mass is 10.3. The molecule has 0 aliphatic carbocycles. The number of aromatic nitrogens is 4. The zero-order valence-electron chi connectivity index (χ0n) is 15.0. The third-order valence-corrected chi connectivity index (χ3v) is 4.50. The van der Waals surface area contributed by atoms with E-state index in [1.165, 1.54) is 0 Å². The molecule has 1 amide bonds. The number of nitrogens with zero attached hydrogens (tertiary/aromatic N) is 5. The van der Waals surface area contributed by atoms with E-state index in [-0.39, 0.29) is 12.6 Å². The topological polar surface area (TPSA) is 65.2 Å². The summed E-state index contributed by atoms with van der Waals surface area (Å²) in [5, 5.41) is 9.59. The maximum atomic E-state index is 12.6. The predicted molar refractivity (Wildman–Crippen MR) is 103 cm³/mol. The van der Waals surface area contributed by atoms with E-state index < -0.39 is 0 Å². The molecule has 0 saturated heterocycles. The first kappa shape index (κ1) is 19.3. The van der Waals surface area contributed by atoms with Gasteiger partial charge < -0.3 is 9.64 Å². The monoisotopic (exact) mass is 407 g/mol. The van der Waals surface area contributed by atoms with Gasteiger partial charge in [-0.1, -0.05) is 29.3 Å². The summed E-state index contributed by atoms with van der Waals surface area (Å²) < 4.78 is 8.93. The fraction of sp³-hybridized carbons (Fsp3) is 0.278. The molecule has 3 aromatic rings. The average Bonchev–Trinajstić information content (AvgIpc) is 3.27. The van der Waals surface area contributed by atoms with Gasteiger partial charge in [0.2, 0.25) is 0 Å². The predicted octanol–water partition coefficient (Wildman–Crippen LogP) is 3.72. The van der Waals surface area contributed by atoms with Gasteiger partial charge in [-0.3, -0.25) is 9.48 Å². The zero-order valence-corrected chi connectivity index (χ0v) is 16.5. The Balaban J connectivity index is 1.63. The van der Waals surface area contributed by atoms with Crippen LogP contribution in [-0.4, -0.2) is 37.4 Å². The van der Waals surface area contributed by atoms with Crippen molar-refractivity contribution in [2.45, 2.75) is 26.7 Å². The molecule has 3 rings (SSSR count). The number of ether oxygens (including phenoxy) is 1. The van der Waals surface area contributed by atoms with E-state index in [1.807, 2.05) is 6.92 Å². The van der Waals surface area contributed by atoms with Gasteiger partial charge in [0.25, 0.3) is 5.91 Å². The fourth-order valence-electron chi connectivity index (χ4n) is 2.55. The van der Waals surface area contributed by atoms with Crippen molar-refractivity contribution in [1.82, 2.24) is 24.5 Å². The third kappa shape index (κ3) is 4.61. The zero-order chi connectivity index (χ0) is 19.4. The minimum atomic E-state index is -0.212. The molecule has 0 unspecified atom stereocenters. The van der Waals surface area contributed by atoms with Gasteiger partial charge in [0.15, 0.2) is 12.4 Å². The standard InChI is InChI=1S/C18H19Cl2N5O2/c1-3-25-17(15(20)10-21-25)11-23(2)18(26)16-7-8-24(22-16)12-27-14-6-4-5-13(19)9-14/h4-10H,3,11-12H2,1-2H3. The van der Waals surface area contributed by atoms with Crippen molar-refractivity contribution < 1.29 is 9.53 Å². The Morgan fingerprint density at radius 3 is 2.85 bits per heavy atom. The van der Waals surface area contributed by atoms with E-state index in [4.69, 9.17) is 27.9 Å². The minimum Gasteiger partial charge on any atom is -0.471 e.